The fourth-order valence-corrected chi connectivity index (χ4v) is 3.50. The average molecular weight is 253 g/mol. The number of rotatable bonds is 5. The van der Waals surface area contributed by atoms with Crippen molar-refractivity contribution >= 4 is 0 Å². The van der Waals surface area contributed by atoms with Crippen molar-refractivity contribution in [2.24, 2.45) is 0 Å². The van der Waals surface area contributed by atoms with Crippen molar-refractivity contribution in [2.45, 2.75) is 64.1 Å². The van der Waals surface area contributed by atoms with Crippen LogP contribution in [0.4, 0.5) is 0 Å². The van der Waals surface area contributed by atoms with Crippen LogP contribution in [0.15, 0.2) is 0 Å². The molecule has 2 fully saturated rings. The highest BCUT2D eigenvalue weighted by Crippen LogP contribution is 2.21. The van der Waals surface area contributed by atoms with Gasteiger partial charge in [0, 0.05) is 31.2 Å². The molecule has 18 heavy (non-hydrogen) atoms. The summed E-state index contributed by atoms with van der Waals surface area (Å²) in [7, 11) is 2.27. The Morgan fingerprint density at radius 3 is 2.72 bits per heavy atom. The van der Waals surface area contributed by atoms with Crippen LogP contribution in [-0.2, 0) is 0 Å². The minimum absolute atomic E-state index is 0.742. The van der Waals surface area contributed by atoms with Gasteiger partial charge in [0.25, 0.3) is 0 Å². The fourth-order valence-electron chi connectivity index (χ4n) is 3.50. The second kappa shape index (κ2) is 6.88. The molecule has 3 heteroatoms. The third-order valence-corrected chi connectivity index (χ3v) is 4.76. The molecular formula is C15H31N3. The van der Waals surface area contributed by atoms with Crippen LogP contribution in [0.3, 0.4) is 0 Å². The molecule has 0 spiro atoms. The van der Waals surface area contributed by atoms with Crippen molar-refractivity contribution in [2.75, 3.05) is 33.2 Å². The van der Waals surface area contributed by atoms with Gasteiger partial charge in [-0.2, -0.15) is 0 Å². The molecule has 2 heterocycles. The molecule has 2 rings (SSSR count). The van der Waals surface area contributed by atoms with E-state index in [1.807, 2.05) is 0 Å². The van der Waals surface area contributed by atoms with Crippen molar-refractivity contribution in [1.82, 2.24) is 15.1 Å². The summed E-state index contributed by atoms with van der Waals surface area (Å²) in [6, 6.07) is 2.29. The maximum absolute atomic E-state index is 3.70. The van der Waals surface area contributed by atoms with Gasteiger partial charge in [-0.3, -0.25) is 4.90 Å². The SMILES string of the molecule is CCCN(CC1CCCCN1)C1CC(C)N(C)C1. The molecule has 0 radical (unpaired) electrons. The summed E-state index contributed by atoms with van der Waals surface area (Å²) in [6.07, 6.45) is 6.79. The van der Waals surface area contributed by atoms with E-state index in [4.69, 9.17) is 0 Å². The summed E-state index contributed by atoms with van der Waals surface area (Å²) in [4.78, 5) is 5.27. The van der Waals surface area contributed by atoms with E-state index in [2.05, 4.69) is 36.0 Å². The molecule has 0 aromatic heterocycles. The Kier molecular flexibility index (Phi) is 5.46. The second-order valence-electron chi connectivity index (χ2n) is 6.32. The summed E-state index contributed by atoms with van der Waals surface area (Å²) in [6.45, 7) is 9.69. The summed E-state index contributed by atoms with van der Waals surface area (Å²) < 4.78 is 0. The van der Waals surface area contributed by atoms with Gasteiger partial charge in [-0.05, 0) is 52.7 Å². The van der Waals surface area contributed by atoms with Gasteiger partial charge in [-0.1, -0.05) is 13.3 Å². The van der Waals surface area contributed by atoms with Crippen LogP contribution in [0.1, 0.15) is 46.0 Å². The number of hydrogen-bond donors (Lipinski definition) is 1. The predicted molar refractivity (Wildman–Crippen MR) is 78.0 cm³/mol. The van der Waals surface area contributed by atoms with Crippen molar-refractivity contribution in [3.05, 3.63) is 0 Å². The van der Waals surface area contributed by atoms with Gasteiger partial charge in [0.2, 0.25) is 0 Å². The summed E-state index contributed by atoms with van der Waals surface area (Å²) in [5.41, 5.74) is 0. The Hall–Kier alpha value is -0.120. The Bertz CT molecular complexity index is 228. The fraction of sp³-hybridized carbons (Fsp3) is 1.00. The molecule has 1 N–H and O–H groups in total. The maximum atomic E-state index is 3.70. The number of nitrogens with one attached hydrogen (secondary N) is 1. The first-order valence-electron chi connectivity index (χ1n) is 7.88. The lowest BCUT2D eigenvalue weighted by Gasteiger charge is -2.34. The van der Waals surface area contributed by atoms with Crippen LogP contribution in [-0.4, -0.2) is 61.2 Å². The largest absolute Gasteiger partial charge is 0.313 e. The van der Waals surface area contributed by atoms with Crippen molar-refractivity contribution < 1.29 is 0 Å². The molecule has 106 valence electrons. The summed E-state index contributed by atoms with van der Waals surface area (Å²) in [5.74, 6) is 0. The monoisotopic (exact) mass is 253 g/mol. The lowest BCUT2D eigenvalue weighted by Crippen LogP contribution is -2.48. The molecule has 3 atom stereocenters. The molecule has 3 nitrogen and oxygen atoms in total. The van der Waals surface area contributed by atoms with E-state index in [0.717, 1.165) is 18.1 Å². The molecule has 3 unspecified atom stereocenters. The van der Waals surface area contributed by atoms with Crippen LogP contribution >= 0.6 is 0 Å². The zero-order valence-corrected chi connectivity index (χ0v) is 12.5. The molecule has 2 aliphatic rings. The van der Waals surface area contributed by atoms with Crippen LogP contribution in [0.5, 0.6) is 0 Å². The molecule has 0 bridgehead atoms. The number of likely N-dealkylation sites (tertiary alicyclic amines) is 1. The third kappa shape index (κ3) is 3.69. The molecule has 0 aromatic carbocycles. The normalized spacial score (nSPS) is 34.3. The van der Waals surface area contributed by atoms with Crippen molar-refractivity contribution in [3.8, 4) is 0 Å². The Morgan fingerprint density at radius 2 is 2.17 bits per heavy atom. The van der Waals surface area contributed by atoms with E-state index in [-0.39, 0.29) is 0 Å². The van der Waals surface area contributed by atoms with Gasteiger partial charge in [-0.25, -0.2) is 0 Å². The zero-order chi connectivity index (χ0) is 13.0. The van der Waals surface area contributed by atoms with E-state index < -0.39 is 0 Å². The molecule has 0 amide bonds. The van der Waals surface area contributed by atoms with E-state index in [1.54, 1.807) is 0 Å². The molecule has 0 aromatic rings. The number of nitrogens with zero attached hydrogens (tertiary/aromatic N) is 2. The first-order valence-corrected chi connectivity index (χ1v) is 7.88. The molecule has 2 saturated heterocycles. The highest BCUT2D eigenvalue weighted by molar-refractivity contribution is 4.89. The molecule has 0 saturated carbocycles. The maximum Gasteiger partial charge on any atom is 0.0238 e. The lowest BCUT2D eigenvalue weighted by atomic mass is 10.0. The molecular weight excluding hydrogens is 222 g/mol. The standard InChI is InChI=1S/C15H31N3/c1-4-9-18(11-14-7-5-6-8-16-14)15-10-13(2)17(3)12-15/h13-16H,4-12H2,1-3H3. The van der Waals surface area contributed by atoms with Gasteiger partial charge >= 0.3 is 0 Å². The zero-order valence-electron chi connectivity index (χ0n) is 12.5. The van der Waals surface area contributed by atoms with E-state index >= 15 is 0 Å². The Balaban J connectivity index is 1.86. The first-order chi connectivity index (χ1) is 8.70. The molecule has 2 aliphatic heterocycles. The first kappa shape index (κ1) is 14.3. The Morgan fingerprint density at radius 1 is 1.33 bits per heavy atom. The second-order valence-corrected chi connectivity index (χ2v) is 6.32. The third-order valence-electron chi connectivity index (χ3n) is 4.76. The summed E-state index contributed by atoms with van der Waals surface area (Å²) in [5, 5.41) is 3.70. The number of piperidine rings is 1. The van der Waals surface area contributed by atoms with Crippen LogP contribution in [0, 0.1) is 0 Å². The highest BCUT2D eigenvalue weighted by Gasteiger charge is 2.31. The Labute approximate surface area is 113 Å². The average Bonchev–Trinajstić information content (AvgIpc) is 2.70. The van der Waals surface area contributed by atoms with Crippen molar-refractivity contribution in [3.63, 3.8) is 0 Å². The van der Waals surface area contributed by atoms with E-state index in [0.29, 0.717) is 0 Å². The van der Waals surface area contributed by atoms with Crippen LogP contribution < -0.4 is 5.32 Å². The van der Waals surface area contributed by atoms with Gasteiger partial charge < -0.3 is 10.2 Å². The van der Waals surface area contributed by atoms with E-state index in [9.17, 15) is 0 Å². The number of hydrogen-bond acceptors (Lipinski definition) is 3. The predicted octanol–water partition coefficient (Wildman–Crippen LogP) is 1.93. The molecule has 0 aliphatic carbocycles. The van der Waals surface area contributed by atoms with Gasteiger partial charge in [0.1, 0.15) is 0 Å². The minimum Gasteiger partial charge on any atom is -0.313 e. The van der Waals surface area contributed by atoms with Gasteiger partial charge in [-0.15, -0.1) is 0 Å². The van der Waals surface area contributed by atoms with E-state index in [1.165, 1.54) is 58.3 Å². The summed E-state index contributed by atoms with van der Waals surface area (Å²) >= 11 is 0. The van der Waals surface area contributed by atoms with Gasteiger partial charge in [0.05, 0.1) is 0 Å². The van der Waals surface area contributed by atoms with Crippen LogP contribution in [0.25, 0.3) is 0 Å². The smallest absolute Gasteiger partial charge is 0.0238 e. The van der Waals surface area contributed by atoms with Crippen LogP contribution in [0.2, 0.25) is 0 Å². The highest BCUT2D eigenvalue weighted by atomic mass is 15.3. The lowest BCUT2D eigenvalue weighted by molar-refractivity contribution is 0.167. The number of likely N-dealkylation sites (N-methyl/N-ethyl adjacent to an activating group) is 1. The minimum atomic E-state index is 0.742. The topological polar surface area (TPSA) is 18.5 Å². The van der Waals surface area contributed by atoms with Crippen molar-refractivity contribution in [1.29, 1.82) is 0 Å². The quantitative estimate of drug-likeness (QED) is 0.808. The van der Waals surface area contributed by atoms with Gasteiger partial charge in [0.15, 0.2) is 0 Å².